The summed E-state index contributed by atoms with van der Waals surface area (Å²) < 4.78 is 10.2. The average molecular weight is 407 g/mol. The highest BCUT2D eigenvalue weighted by Gasteiger charge is 2.78. The molecule has 4 nitrogen and oxygen atoms in total. The summed E-state index contributed by atoms with van der Waals surface area (Å²) in [7, 11) is 3.01. The van der Waals surface area contributed by atoms with Gasteiger partial charge in [-0.3, -0.25) is 9.59 Å². The summed E-state index contributed by atoms with van der Waals surface area (Å²) >= 11 is 7.50. The van der Waals surface area contributed by atoms with Crippen LogP contribution in [0.1, 0.15) is 25.7 Å². The van der Waals surface area contributed by atoms with Crippen LogP contribution < -0.4 is 0 Å². The Morgan fingerprint density at radius 1 is 0.708 bits per heavy atom. The van der Waals surface area contributed by atoms with E-state index in [-0.39, 0.29) is 20.1 Å². The Labute approximate surface area is 159 Å². The molecule has 2 saturated heterocycles. The summed E-state index contributed by atoms with van der Waals surface area (Å²) in [6.45, 7) is 0. The van der Waals surface area contributed by atoms with Gasteiger partial charge in [-0.05, 0) is 25.7 Å². The van der Waals surface area contributed by atoms with Crippen molar-refractivity contribution in [1.82, 2.24) is 0 Å². The molecule has 3 aliphatic carbocycles. The van der Waals surface area contributed by atoms with Crippen molar-refractivity contribution in [2.75, 3.05) is 37.2 Å². The number of hydrogen-bond donors (Lipinski definition) is 0. The molecule has 0 aromatic carbocycles. The van der Waals surface area contributed by atoms with Gasteiger partial charge in [-0.1, -0.05) is 0 Å². The average Bonchev–Trinajstić information content (AvgIpc) is 3.26. The van der Waals surface area contributed by atoms with E-state index in [0.29, 0.717) is 0 Å². The third kappa shape index (κ3) is 2.00. The highest BCUT2D eigenvalue weighted by atomic mass is 32.2. The minimum Gasteiger partial charge on any atom is -0.469 e. The number of hydrogen-bond acceptors (Lipinski definition) is 8. The third-order valence-corrected chi connectivity index (χ3v) is 13.7. The molecule has 0 amide bonds. The summed E-state index contributed by atoms with van der Waals surface area (Å²) in [5, 5.41) is 0. The van der Waals surface area contributed by atoms with Crippen molar-refractivity contribution in [3.63, 3.8) is 0 Å². The van der Waals surface area contributed by atoms with Gasteiger partial charge in [0.2, 0.25) is 0 Å². The number of rotatable bonds is 2. The van der Waals surface area contributed by atoms with Crippen LogP contribution in [0.15, 0.2) is 0 Å². The lowest BCUT2D eigenvalue weighted by molar-refractivity contribution is -0.175. The summed E-state index contributed by atoms with van der Waals surface area (Å²) in [6.07, 6.45) is 2.93. The number of carbonyl (C=O) groups excluding carboxylic acids is 2. The second kappa shape index (κ2) is 5.92. The molecule has 0 radical (unpaired) electrons. The number of thioether (sulfide) groups is 4. The Hall–Kier alpha value is 0.340. The van der Waals surface area contributed by atoms with Crippen molar-refractivity contribution in [1.29, 1.82) is 0 Å². The zero-order valence-electron chi connectivity index (χ0n) is 13.9. The molecule has 2 heterocycles. The van der Waals surface area contributed by atoms with E-state index in [1.54, 1.807) is 0 Å². The van der Waals surface area contributed by atoms with Gasteiger partial charge in [0.05, 0.1) is 33.2 Å². The van der Waals surface area contributed by atoms with Crippen LogP contribution in [-0.4, -0.2) is 57.3 Å². The van der Waals surface area contributed by atoms with E-state index in [1.807, 2.05) is 47.0 Å². The first-order valence-electron chi connectivity index (χ1n) is 8.23. The fourth-order valence-corrected chi connectivity index (χ4v) is 13.0. The number of ether oxygens (including phenoxy) is 2. The first kappa shape index (κ1) is 17.7. The monoisotopic (exact) mass is 406 g/mol. The lowest BCUT2D eigenvalue weighted by Gasteiger charge is -2.65. The minimum absolute atomic E-state index is 0.0740. The van der Waals surface area contributed by atoms with Crippen LogP contribution in [0.5, 0.6) is 0 Å². The maximum Gasteiger partial charge on any atom is 0.314 e. The third-order valence-electron chi connectivity index (χ3n) is 6.17. The first-order chi connectivity index (χ1) is 11.5. The molecule has 5 aliphatic rings. The fourth-order valence-electron chi connectivity index (χ4n) is 5.10. The maximum absolute atomic E-state index is 13.0. The molecule has 0 aromatic rings. The second-order valence-corrected chi connectivity index (χ2v) is 13.0. The minimum atomic E-state index is -0.478. The highest BCUT2D eigenvalue weighted by molar-refractivity contribution is 8.22. The van der Waals surface area contributed by atoms with E-state index in [2.05, 4.69) is 0 Å². The predicted octanol–water partition coefficient (Wildman–Crippen LogP) is 3.25. The molecule has 5 rings (SSSR count). The molecule has 134 valence electrons. The topological polar surface area (TPSA) is 52.6 Å². The Morgan fingerprint density at radius 3 is 1.33 bits per heavy atom. The SMILES string of the molecule is COC(=O)C12CCC(C(=O)OC)(CC13SCCS3)C1(C2)SCCS1. The largest absolute Gasteiger partial charge is 0.469 e. The summed E-state index contributed by atoms with van der Waals surface area (Å²) in [4.78, 5) is 26.0. The zero-order chi connectivity index (χ0) is 17.1. The fraction of sp³-hybridized carbons (Fsp3) is 0.875. The van der Waals surface area contributed by atoms with Crippen LogP contribution in [-0.2, 0) is 19.1 Å². The van der Waals surface area contributed by atoms with Crippen LogP contribution >= 0.6 is 47.0 Å². The number of carbonyl (C=O) groups is 2. The van der Waals surface area contributed by atoms with Gasteiger partial charge in [0.25, 0.3) is 0 Å². The van der Waals surface area contributed by atoms with E-state index in [9.17, 15) is 9.59 Å². The van der Waals surface area contributed by atoms with Gasteiger partial charge in [-0.15, -0.1) is 47.0 Å². The van der Waals surface area contributed by atoms with Crippen molar-refractivity contribution in [2.24, 2.45) is 10.8 Å². The molecule has 3 saturated carbocycles. The van der Waals surface area contributed by atoms with Crippen LogP contribution in [0.4, 0.5) is 0 Å². The Kier molecular flexibility index (Phi) is 4.38. The summed E-state index contributed by atoms with van der Waals surface area (Å²) in [5.41, 5.74) is -0.957. The molecule has 2 spiro atoms. The smallest absolute Gasteiger partial charge is 0.314 e. The van der Waals surface area contributed by atoms with E-state index in [1.165, 1.54) is 14.2 Å². The van der Waals surface area contributed by atoms with Crippen LogP contribution in [0.25, 0.3) is 0 Å². The number of esters is 2. The quantitative estimate of drug-likeness (QED) is 0.648. The number of fused-ring (bicyclic) bond motifs is 1. The van der Waals surface area contributed by atoms with Crippen LogP contribution in [0, 0.1) is 10.8 Å². The van der Waals surface area contributed by atoms with Gasteiger partial charge in [-0.25, -0.2) is 0 Å². The lowest BCUT2D eigenvalue weighted by atomic mass is 9.52. The molecule has 2 aliphatic heterocycles. The predicted molar refractivity (Wildman–Crippen MR) is 103 cm³/mol. The molecule has 2 atom stereocenters. The van der Waals surface area contributed by atoms with Crippen LogP contribution in [0.2, 0.25) is 0 Å². The van der Waals surface area contributed by atoms with Crippen LogP contribution in [0.3, 0.4) is 0 Å². The summed E-state index contributed by atoms with van der Waals surface area (Å²) in [5.74, 6) is 3.99. The van der Waals surface area contributed by atoms with Crippen molar-refractivity contribution in [3.05, 3.63) is 0 Å². The molecule has 0 N–H and O–H groups in total. The Balaban J connectivity index is 1.87. The van der Waals surface area contributed by atoms with E-state index < -0.39 is 10.8 Å². The number of methoxy groups -OCH3 is 2. The molecule has 5 fully saturated rings. The second-order valence-electron chi connectivity index (χ2n) is 6.90. The Bertz CT molecular complexity index is 520. The van der Waals surface area contributed by atoms with Gasteiger partial charge in [-0.2, -0.15) is 0 Å². The molecule has 2 unspecified atom stereocenters. The van der Waals surface area contributed by atoms with Gasteiger partial charge < -0.3 is 9.47 Å². The van der Waals surface area contributed by atoms with Crippen molar-refractivity contribution < 1.29 is 19.1 Å². The first-order valence-corrected chi connectivity index (χ1v) is 12.2. The van der Waals surface area contributed by atoms with Crippen molar-refractivity contribution in [3.8, 4) is 0 Å². The standard InChI is InChI=1S/C16H22O4S4/c1-19-11(17)13-3-4-14(12(18)20-2,10-15(13)21-5-6-22-15)16(9-13)23-7-8-24-16/h3-10H2,1-2H3. The normalized spacial score (nSPS) is 38.6. The van der Waals surface area contributed by atoms with E-state index in [0.717, 1.165) is 48.7 Å². The van der Waals surface area contributed by atoms with Crippen molar-refractivity contribution >= 4 is 59.0 Å². The van der Waals surface area contributed by atoms with Gasteiger partial charge in [0, 0.05) is 23.0 Å². The highest BCUT2D eigenvalue weighted by Crippen LogP contribution is 2.79. The lowest BCUT2D eigenvalue weighted by Crippen LogP contribution is -2.69. The maximum atomic E-state index is 13.0. The van der Waals surface area contributed by atoms with Gasteiger partial charge >= 0.3 is 11.9 Å². The van der Waals surface area contributed by atoms with Gasteiger partial charge in [0.15, 0.2) is 0 Å². The zero-order valence-corrected chi connectivity index (χ0v) is 17.2. The van der Waals surface area contributed by atoms with E-state index >= 15 is 0 Å². The van der Waals surface area contributed by atoms with E-state index in [4.69, 9.17) is 9.47 Å². The molecule has 8 heteroatoms. The molecular formula is C16H22O4S4. The molecule has 0 aromatic heterocycles. The van der Waals surface area contributed by atoms with Gasteiger partial charge in [0.1, 0.15) is 0 Å². The molecule has 24 heavy (non-hydrogen) atoms. The summed E-state index contributed by atoms with van der Waals surface area (Å²) in [6, 6.07) is 0. The molecular weight excluding hydrogens is 384 g/mol. The molecule has 2 bridgehead atoms. The Morgan fingerprint density at radius 2 is 1.04 bits per heavy atom. The van der Waals surface area contributed by atoms with Crippen molar-refractivity contribution in [2.45, 2.75) is 33.8 Å².